The van der Waals surface area contributed by atoms with Crippen LogP contribution in [0.25, 0.3) is 0 Å². The van der Waals surface area contributed by atoms with E-state index in [-0.39, 0.29) is 11.9 Å². The van der Waals surface area contributed by atoms with Gasteiger partial charge in [0.25, 0.3) is 11.9 Å². The van der Waals surface area contributed by atoms with Crippen molar-refractivity contribution in [3.63, 3.8) is 0 Å². The Bertz CT molecular complexity index is 575. The van der Waals surface area contributed by atoms with E-state index in [9.17, 15) is 4.79 Å². The van der Waals surface area contributed by atoms with Crippen molar-refractivity contribution in [1.82, 2.24) is 20.2 Å². The number of carbonyl (C=O) groups is 1. The summed E-state index contributed by atoms with van der Waals surface area (Å²) in [5, 5.41) is 14.0. The molecule has 1 aromatic heterocycles. The van der Waals surface area contributed by atoms with E-state index in [0.717, 1.165) is 5.56 Å². The van der Waals surface area contributed by atoms with Crippen molar-refractivity contribution < 1.29 is 4.79 Å². The van der Waals surface area contributed by atoms with Gasteiger partial charge in [0, 0.05) is 5.56 Å². The SMILES string of the molecule is C=CCn1nnc(NC(=O)c2cccc(C)c2)n1. The maximum atomic E-state index is 11.9. The van der Waals surface area contributed by atoms with E-state index in [0.29, 0.717) is 12.1 Å². The van der Waals surface area contributed by atoms with Gasteiger partial charge in [-0.25, -0.2) is 0 Å². The van der Waals surface area contributed by atoms with Crippen LogP contribution in [0, 0.1) is 6.92 Å². The van der Waals surface area contributed by atoms with Crippen LogP contribution in [0.1, 0.15) is 15.9 Å². The Balaban J connectivity index is 2.08. The molecule has 6 heteroatoms. The van der Waals surface area contributed by atoms with Crippen LogP contribution in [0.2, 0.25) is 0 Å². The number of allylic oxidation sites excluding steroid dienone is 1. The van der Waals surface area contributed by atoms with Gasteiger partial charge in [-0.2, -0.15) is 4.80 Å². The number of tetrazole rings is 1. The lowest BCUT2D eigenvalue weighted by Crippen LogP contribution is -2.13. The number of carbonyl (C=O) groups excluding carboxylic acids is 1. The third-order valence-corrected chi connectivity index (χ3v) is 2.25. The lowest BCUT2D eigenvalue weighted by Gasteiger charge is -2.01. The van der Waals surface area contributed by atoms with Crippen LogP contribution in [-0.2, 0) is 6.54 Å². The molecule has 18 heavy (non-hydrogen) atoms. The smallest absolute Gasteiger partial charge is 0.270 e. The topological polar surface area (TPSA) is 72.7 Å². The maximum absolute atomic E-state index is 11.9. The zero-order chi connectivity index (χ0) is 13.0. The summed E-state index contributed by atoms with van der Waals surface area (Å²) in [5.41, 5.74) is 1.58. The molecule has 0 bridgehead atoms. The molecular formula is C12H13N5O. The van der Waals surface area contributed by atoms with E-state index < -0.39 is 0 Å². The van der Waals surface area contributed by atoms with Crippen LogP contribution in [0.4, 0.5) is 5.95 Å². The van der Waals surface area contributed by atoms with Crippen LogP contribution in [-0.4, -0.2) is 26.1 Å². The minimum atomic E-state index is -0.253. The van der Waals surface area contributed by atoms with Gasteiger partial charge in [0.15, 0.2) is 0 Å². The molecule has 2 aromatic rings. The van der Waals surface area contributed by atoms with E-state index in [2.05, 4.69) is 27.3 Å². The van der Waals surface area contributed by atoms with Crippen LogP contribution < -0.4 is 5.32 Å². The number of rotatable bonds is 4. The molecule has 92 valence electrons. The minimum absolute atomic E-state index is 0.184. The Morgan fingerprint density at radius 2 is 2.39 bits per heavy atom. The maximum Gasteiger partial charge on any atom is 0.270 e. The molecule has 1 aromatic carbocycles. The summed E-state index contributed by atoms with van der Waals surface area (Å²) in [6.45, 7) is 5.95. The van der Waals surface area contributed by atoms with Crippen molar-refractivity contribution in [2.45, 2.75) is 13.5 Å². The number of aryl methyl sites for hydroxylation is 1. The van der Waals surface area contributed by atoms with E-state index in [1.54, 1.807) is 18.2 Å². The van der Waals surface area contributed by atoms with Gasteiger partial charge in [-0.05, 0) is 24.3 Å². The standard InChI is InChI=1S/C12H13N5O/c1-3-7-17-15-12(14-16-17)13-11(18)10-6-4-5-9(2)8-10/h3-6,8H,1,7H2,2H3,(H,13,15,18). The number of amides is 1. The largest absolute Gasteiger partial charge is 0.288 e. The third kappa shape index (κ3) is 2.79. The molecule has 0 unspecified atom stereocenters. The molecule has 1 amide bonds. The molecule has 2 rings (SSSR count). The van der Waals surface area contributed by atoms with Crippen molar-refractivity contribution in [1.29, 1.82) is 0 Å². The third-order valence-electron chi connectivity index (χ3n) is 2.25. The number of nitrogens with one attached hydrogen (secondary N) is 1. The molecule has 0 saturated carbocycles. The zero-order valence-electron chi connectivity index (χ0n) is 10.00. The van der Waals surface area contributed by atoms with Crippen molar-refractivity contribution in [2.75, 3.05) is 5.32 Å². The number of hydrogen-bond acceptors (Lipinski definition) is 4. The van der Waals surface area contributed by atoms with E-state index in [1.165, 1.54) is 4.80 Å². The highest BCUT2D eigenvalue weighted by Crippen LogP contribution is 2.06. The highest BCUT2D eigenvalue weighted by atomic mass is 16.1. The van der Waals surface area contributed by atoms with Crippen molar-refractivity contribution in [2.24, 2.45) is 0 Å². The zero-order valence-corrected chi connectivity index (χ0v) is 10.00. The number of hydrogen-bond donors (Lipinski definition) is 1. The highest BCUT2D eigenvalue weighted by molar-refractivity contribution is 6.03. The highest BCUT2D eigenvalue weighted by Gasteiger charge is 2.09. The molecule has 0 spiro atoms. The Labute approximate surface area is 104 Å². The molecule has 0 aliphatic heterocycles. The summed E-state index contributed by atoms with van der Waals surface area (Å²) in [7, 11) is 0. The van der Waals surface area contributed by atoms with Gasteiger partial charge < -0.3 is 0 Å². The molecule has 0 aliphatic carbocycles. The molecule has 1 heterocycles. The predicted octanol–water partition coefficient (Wildman–Crippen LogP) is 1.42. The van der Waals surface area contributed by atoms with Gasteiger partial charge in [-0.3, -0.25) is 10.1 Å². The summed E-state index contributed by atoms with van der Waals surface area (Å²) >= 11 is 0. The molecule has 1 N–H and O–H groups in total. The van der Waals surface area contributed by atoms with Gasteiger partial charge in [0.2, 0.25) is 0 Å². The summed E-state index contributed by atoms with van der Waals surface area (Å²) in [5.74, 6) is -0.0693. The average molecular weight is 243 g/mol. The first-order valence-corrected chi connectivity index (χ1v) is 5.46. The molecule has 0 aliphatic rings. The van der Waals surface area contributed by atoms with Crippen molar-refractivity contribution in [3.8, 4) is 0 Å². The quantitative estimate of drug-likeness (QED) is 0.824. The second-order valence-electron chi connectivity index (χ2n) is 3.78. The van der Waals surface area contributed by atoms with E-state index >= 15 is 0 Å². The van der Waals surface area contributed by atoms with Crippen LogP contribution in [0.15, 0.2) is 36.9 Å². The van der Waals surface area contributed by atoms with E-state index in [1.807, 2.05) is 19.1 Å². The Kier molecular flexibility index (Phi) is 3.47. The first-order chi connectivity index (χ1) is 8.69. The normalized spacial score (nSPS) is 10.1. The monoisotopic (exact) mass is 243 g/mol. The van der Waals surface area contributed by atoms with E-state index in [4.69, 9.17) is 0 Å². The summed E-state index contributed by atoms with van der Waals surface area (Å²) in [6, 6.07) is 7.28. The van der Waals surface area contributed by atoms with Crippen molar-refractivity contribution in [3.05, 3.63) is 48.0 Å². The predicted molar refractivity (Wildman–Crippen MR) is 67.1 cm³/mol. The number of anilines is 1. The summed E-state index contributed by atoms with van der Waals surface area (Å²) in [6.07, 6.45) is 1.65. The molecule has 0 radical (unpaired) electrons. The van der Waals surface area contributed by atoms with Crippen LogP contribution in [0.3, 0.4) is 0 Å². The number of aromatic nitrogens is 4. The van der Waals surface area contributed by atoms with Gasteiger partial charge in [-0.1, -0.05) is 28.9 Å². The number of nitrogens with zero attached hydrogens (tertiary/aromatic N) is 4. The van der Waals surface area contributed by atoms with Crippen LogP contribution >= 0.6 is 0 Å². The lowest BCUT2D eigenvalue weighted by atomic mass is 10.1. The molecule has 0 fully saturated rings. The first kappa shape index (κ1) is 12.0. The molecule has 6 nitrogen and oxygen atoms in total. The van der Waals surface area contributed by atoms with Gasteiger partial charge in [-0.15, -0.1) is 11.7 Å². The second kappa shape index (κ2) is 5.22. The van der Waals surface area contributed by atoms with Crippen LogP contribution in [0.5, 0.6) is 0 Å². The van der Waals surface area contributed by atoms with Gasteiger partial charge in [0.05, 0.1) is 6.54 Å². The fraction of sp³-hybridized carbons (Fsp3) is 0.167. The molecule has 0 saturated heterocycles. The minimum Gasteiger partial charge on any atom is -0.288 e. The fourth-order valence-corrected chi connectivity index (χ4v) is 1.45. The molecular weight excluding hydrogens is 230 g/mol. The Morgan fingerprint density at radius 3 is 3.11 bits per heavy atom. The first-order valence-electron chi connectivity index (χ1n) is 5.46. The average Bonchev–Trinajstić information content (AvgIpc) is 2.77. The fourth-order valence-electron chi connectivity index (χ4n) is 1.45. The lowest BCUT2D eigenvalue weighted by molar-refractivity contribution is 0.102. The molecule has 0 atom stereocenters. The summed E-state index contributed by atoms with van der Waals surface area (Å²) in [4.78, 5) is 13.2. The summed E-state index contributed by atoms with van der Waals surface area (Å²) < 4.78 is 0. The second-order valence-corrected chi connectivity index (χ2v) is 3.78. The van der Waals surface area contributed by atoms with Crippen molar-refractivity contribution >= 4 is 11.9 Å². The Morgan fingerprint density at radius 1 is 1.56 bits per heavy atom. The Hall–Kier alpha value is -2.50. The van der Waals surface area contributed by atoms with Gasteiger partial charge in [0.1, 0.15) is 0 Å². The number of benzene rings is 1. The van der Waals surface area contributed by atoms with Gasteiger partial charge >= 0.3 is 0 Å².